The molecule has 5 nitrogen and oxygen atoms in total. The smallest absolute Gasteiger partial charge is 0.129 e. The lowest BCUT2D eigenvalue weighted by atomic mass is 10.2. The monoisotopic (exact) mass is 271 g/mol. The molecular weight excluding hydrogens is 262 g/mol. The number of nitrogens with zero attached hydrogens (tertiary/aromatic N) is 5. The van der Waals surface area contributed by atoms with E-state index < -0.39 is 0 Å². The molecule has 19 heavy (non-hydrogen) atoms. The number of fused-ring (bicyclic) bond motifs is 1. The molecule has 2 aromatic heterocycles. The molecule has 3 aromatic rings. The second-order valence-corrected chi connectivity index (χ2v) is 4.42. The summed E-state index contributed by atoms with van der Waals surface area (Å²) in [5, 5.41) is 13.3. The van der Waals surface area contributed by atoms with E-state index >= 15 is 0 Å². The second kappa shape index (κ2) is 4.41. The van der Waals surface area contributed by atoms with Crippen molar-refractivity contribution in [3.63, 3.8) is 0 Å². The fourth-order valence-corrected chi connectivity index (χ4v) is 2.32. The Morgan fingerprint density at radius 2 is 2.26 bits per heavy atom. The van der Waals surface area contributed by atoms with Crippen LogP contribution in [0.2, 0.25) is 0 Å². The minimum absolute atomic E-state index is 0.272. The standard InChI is InChI=1S/C13H10ClN5/c1-18-8-10(7-16-18)19-11-4-2-3-9(6-15)13(11)17-12(19)5-14/h2-4,7-8H,5H2,1H3. The van der Waals surface area contributed by atoms with Crippen molar-refractivity contribution >= 4 is 22.6 Å². The molecule has 0 spiro atoms. The predicted molar refractivity (Wildman–Crippen MR) is 72.1 cm³/mol. The summed E-state index contributed by atoms with van der Waals surface area (Å²) in [6.07, 6.45) is 3.63. The lowest BCUT2D eigenvalue weighted by molar-refractivity contribution is 0.767. The molecule has 1 aromatic carbocycles. The van der Waals surface area contributed by atoms with Crippen LogP contribution >= 0.6 is 11.6 Å². The third kappa shape index (κ3) is 1.77. The van der Waals surface area contributed by atoms with Crippen LogP contribution < -0.4 is 0 Å². The Morgan fingerprint density at radius 1 is 1.42 bits per heavy atom. The Balaban J connectivity index is 2.37. The highest BCUT2D eigenvalue weighted by Gasteiger charge is 2.15. The molecule has 0 amide bonds. The Labute approximate surface area is 114 Å². The lowest BCUT2D eigenvalue weighted by Gasteiger charge is -2.03. The average Bonchev–Trinajstić information content (AvgIpc) is 3.00. The van der Waals surface area contributed by atoms with E-state index in [0.717, 1.165) is 11.2 Å². The van der Waals surface area contributed by atoms with Crippen molar-refractivity contribution < 1.29 is 0 Å². The molecule has 0 atom stereocenters. The average molecular weight is 272 g/mol. The van der Waals surface area contributed by atoms with Crippen molar-refractivity contribution in [2.45, 2.75) is 5.88 Å². The Kier molecular flexibility index (Phi) is 2.73. The maximum Gasteiger partial charge on any atom is 0.129 e. The van der Waals surface area contributed by atoms with Gasteiger partial charge in [0, 0.05) is 13.2 Å². The van der Waals surface area contributed by atoms with E-state index in [0.29, 0.717) is 16.9 Å². The number of halogens is 1. The zero-order chi connectivity index (χ0) is 13.4. The molecule has 3 rings (SSSR count). The van der Waals surface area contributed by atoms with Crippen molar-refractivity contribution in [1.29, 1.82) is 5.26 Å². The van der Waals surface area contributed by atoms with Crippen LogP contribution in [-0.2, 0) is 12.9 Å². The molecular formula is C13H10ClN5. The van der Waals surface area contributed by atoms with Crippen molar-refractivity contribution in [2.75, 3.05) is 0 Å². The first kappa shape index (κ1) is 11.8. The number of aryl methyl sites for hydroxylation is 1. The van der Waals surface area contributed by atoms with E-state index in [-0.39, 0.29) is 5.88 Å². The highest BCUT2D eigenvalue weighted by molar-refractivity contribution is 6.17. The van der Waals surface area contributed by atoms with Gasteiger partial charge in [-0.05, 0) is 12.1 Å². The highest BCUT2D eigenvalue weighted by atomic mass is 35.5. The minimum Gasteiger partial charge on any atom is -0.292 e. The van der Waals surface area contributed by atoms with Gasteiger partial charge in [0.15, 0.2) is 0 Å². The van der Waals surface area contributed by atoms with Crippen molar-refractivity contribution in [1.82, 2.24) is 19.3 Å². The van der Waals surface area contributed by atoms with Gasteiger partial charge in [0.05, 0.1) is 28.8 Å². The van der Waals surface area contributed by atoms with Gasteiger partial charge >= 0.3 is 0 Å². The maximum absolute atomic E-state index is 9.13. The number of hydrogen-bond acceptors (Lipinski definition) is 3. The summed E-state index contributed by atoms with van der Waals surface area (Å²) < 4.78 is 3.64. The number of imidazole rings is 1. The molecule has 0 aliphatic heterocycles. The fraction of sp³-hybridized carbons (Fsp3) is 0.154. The first-order valence-electron chi connectivity index (χ1n) is 5.70. The van der Waals surface area contributed by atoms with Crippen LogP contribution in [0.3, 0.4) is 0 Å². The molecule has 0 saturated heterocycles. The number of para-hydroxylation sites is 1. The summed E-state index contributed by atoms with van der Waals surface area (Å²) >= 11 is 5.96. The van der Waals surface area contributed by atoms with E-state index in [9.17, 15) is 0 Å². The molecule has 0 N–H and O–H groups in total. The normalized spacial score (nSPS) is 10.8. The van der Waals surface area contributed by atoms with E-state index in [1.165, 1.54) is 0 Å². The number of aromatic nitrogens is 4. The van der Waals surface area contributed by atoms with Crippen LogP contribution in [0.25, 0.3) is 16.7 Å². The van der Waals surface area contributed by atoms with Crippen molar-refractivity contribution in [3.8, 4) is 11.8 Å². The molecule has 0 aliphatic carbocycles. The van der Waals surface area contributed by atoms with E-state index in [4.69, 9.17) is 16.9 Å². The van der Waals surface area contributed by atoms with Crippen LogP contribution in [0.1, 0.15) is 11.4 Å². The topological polar surface area (TPSA) is 59.4 Å². The molecule has 0 saturated carbocycles. The molecule has 0 aliphatic rings. The zero-order valence-corrected chi connectivity index (χ0v) is 11.0. The number of alkyl halides is 1. The Morgan fingerprint density at radius 3 is 2.89 bits per heavy atom. The SMILES string of the molecule is Cn1cc(-n2c(CCl)nc3c(C#N)cccc32)cn1. The molecule has 0 radical (unpaired) electrons. The van der Waals surface area contributed by atoms with E-state index in [2.05, 4.69) is 16.2 Å². The van der Waals surface area contributed by atoms with Gasteiger partial charge in [0.2, 0.25) is 0 Å². The van der Waals surface area contributed by atoms with Crippen molar-refractivity contribution in [2.24, 2.45) is 7.05 Å². The molecule has 0 fully saturated rings. The summed E-state index contributed by atoms with van der Waals surface area (Å²) in [6.45, 7) is 0. The summed E-state index contributed by atoms with van der Waals surface area (Å²) in [5.74, 6) is 0.974. The Bertz CT molecular complexity index is 793. The fourth-order valence-electron chi connectivity index (χ4n) is 2.14. The highest BCUT2D eigenvalue weighted by Crippen LogP contribution is 2.24. The molecule has 0 bridgehead atoms. The van der Waals surface area contributed by atoms with Gasteiger partial charge in [-0.3, -0.25) is 9.25 Å². The number of benzene rings is 1. The maximum atomic E-state index is 9.13. The lowest BCUT2D eigenvalue weighted by Crippen LogP contribution is -1.97. The number of nitriles is 1. The quantitative estimate of drug-likeness (QED) is 0.672. The summed E-state index contributed by atoms with van der Waals surface area (Å²) in [6, 6.07) is 7.67. The third-order valence-corrected chi connectivity index (χ3v) is 3.18. The molecule has 2 heterocycles. The number of rotatable bonds is 2. The van der Waals surface area contributed by atoms with Gasteiger partial charge in [-0.15, -0.1) is 11.6 Å². The first-order valence-corrected chi connectivity index (χ1v) is 6.23. The Hall–Kier alpha value is -2.32. The molecule has 94 valence electrons. The second-order valence-electron chi connectivity index (χ2n) is 4.15. The summed E-state index contributed by atoms with van der Waals surface area (Å²) in [4.78, 5) is 4.46. The van der Waals surface area contributed by atoms with Crippen LogP contribution in [0, 0.1) is 11.3 Å². The van der Waals surface area contributed by atoms with Gasteiger partial charge in [-0.2, -0.15) is 10.4 Å². The van der Waals surface area contributed by atoms with Crippen LogP contribution in [0.5, 0.6) is 0 Å². The molecule has 6 heteroatoms. The van der Waals surface area contributed by atoms with Crippen LogP contribution in [-0.4, -0.2) is 19.3 Å². The molecule has 0 unspecified atom stereocenters. The van der Waals surface area contributed by atoms with Gasteiger partial charge in [-0.1, -0.05) is 6.07 Å². The number of hydrogen-bond donors (Lipinski definition) is 0. The van der Waals surface area contributed by atoms with E-state index in [1.807, 2.05) is 29.9 Å². The minimum atomic E-state index is 0.272. The van der Waals surface area contributed by atoms with Crippen molar-refractivity contribution in [3.05, 3.63) is 42.0 Å². The predicted octanol–water partition coefficient (Wildman–Crippen LogP) is 2.37. The third-order valence-electron chi connectivity index (χ3n) is 2.94. The van der Waals surface area contributed by atoms with Gasteiger partial charge < -0.3 is 0 Å². The largest absolute Gasteiger partial charge is 0.292 e. The van der Waals surface area contributed by atoms with E-state index in [1.54, 1.807) is 16.9 Å². The summed E-state index contributed by atoms with van der Waals surface area (Å²) in [7, 11) is 1.85. The van der Waals surface area contributed by atoms with Crippen LogP contribution in [0.4, 0.5) is 0 Å². The van der Waals surface area contributed by atoms with Gasteiger partial charge in [0.25, 0.3) is 0 Å². The first-order chi connectivity index (χ1) is 9.24. The van der Waals surface area contributed by atoms with Gasteiger partial charge in [0.1, 0.15) is 17.4 Å². The summed E-state index contributed by atoms with van der Waals surface area (Å²) in [5.41, 5.74) is 2.97. The van der Waals surface area contributed by atoms with Crippen LogP contribution in [0.15, 0.2) is 30.6 Å². The zero-order valence-electron chi connectivity index (χ0n) is 10.2. The van der Waals surface area contributed by atoms with Gasteiger partial charge in [-0.25, -0.2) is 4.98 Å².